The van der Waals surface area contributed by atoms with Crippen molar-refractivity contribution in [2.45, 2.75) is 17.7 Å². The monoisotopic (exact) mass is 432 g/mol. The molecule has 0 aliphatic rings. The fourth-order valence-corrected chi connectivity index (χ4v) is 4.23. The standard InChI is InChI=1S/C19H20N4O4S2/c1-27-23-29(25,26)16-6-4-15(5-7-16)19(24)21-10-2-3-18-22-17(13-28-18)14-8-11-20-12-9-14/h4-9,11-13,23H,2-3,10H2,1H3,(H,21,24). The van der Waals surface area contributed by atoms with Gasteiger partial charge in [0.25, 0.3) is 15.9 Å². The Morgan fingerprint density at radius 2 is 1.86 bits per heavy atom. The zero-order valence-electron chi connectivity index (χ0n) is 15.7. The molecule has 2 N–H and O–H groups in total. The molecule has 10 heteroatoms. The number of amides is 1. The predicted molar refractivity (Wildman–Crippen MR) is 110 cm³/mol. The molecule has 0 bridgehead atoms. The Morgan fingerprint density at radius 1 is 1.14 bits per heavy atom. The van der Waals surface area contributed by atoms with Gasteiger partial charge in [-0.15, -0.1) is 11.3 Å². The summed E-state index contributed by atoms with van der Waals surface area (Å²) in [5.41, 5.74) is 2.34. The molecule has 0 saturated carbocycles. The molecule has 0 fully saturated rings. The zero-order valence-corrected chi connectivity index (χ0v) is 17.3. The van der Waals surface area contributed by atoms with Crippen LogP contribution < -0.4 is 10.2 Å². The summed E-state index contributed by atoms with van der Waals surface area (Å²) in [6.45, 7) is 0.494. The molecule has 0 radical (unpaired) electrons. The number of aryl methyl sites for hydroxylation is 1. The first kappa shape index (κ1) is 21.1. The summed E-state index contributed by atoms with van der Waals surface area (Å²) in [6, 6.07) is 9.46. The number of thiazole rings is 1. The summed E-state index contributed by atoms with van der Waals surface area (Å²) in [6.07, 6.45) is 4.98. The van der Waals surface area contributed by atoms with Gasteiger partial charge < -0.3 is 5.32 Å². The van der Waals surface area contributed by atoms with Gasteiger partial charge in [0.05, 0.1) is 22.7 Å². The third-order valence-electron chi connectivity index (χ3n) is 4.00. The maximum absolute atomic E-state index is 12.2. The van der Waals surface area contributed by atoms with Crippen molar-refractivity contribution in [1.82, 2.24) is 20.2 Å². The van der Waals surface area contributed by atoms with E-state index in [-0.39, 0.29) is 10.8 Å². The molecule has 3 aromatic rings. The van der Waals surface area contributed by atoms with Crippen molar-refractivity contribution in [3.05, 3.63) is 64.7 Å². The van der Waals surface area contributed by atoms with Gasteiger partial charge in [0.15, 0.2) is 0 Å². The van der Waals surface area contributed by atoms with Crippen molar-refractivity contribution in [2.75, 3.05) is 13.7 Å². The Kier molecular flexibility index (Phi) is 7.04. The van der Waals surface area contributed by atoms with Crippen LogP contribution >= 0.6 is 11.3 Å². The lowest BCUT2D eigenvalue weighted by molar-refractivity contribution is 0.0953. The van der Waals surface area contributed by atoms with E-state index in [0.717, 1.165) is 29.1 Å². The number of nitrogens with one attached hydrogen (secondary N) is 2. The zero-order chi connectivity index (χ0) is 20.7. The molecule has 0 aliphatic carbocycles. The molecule has 8 nitrogen and oxygen atoms in total. The molecule has 29 heavy (non-hydrogen) atoms. The summed E-state index contributed by atoms with van der Waals surface area (Å²) < 4.78 is 23.6. The van der Waals surface area contributed by atoms with Gasteiger partial charge in [-0.3, -0.25) is 14.6 Å². The number of rotatable bonds is 9. The molecule has 3 rings (SSSR count). The van der Waals surface area contributed by atoms with E-state index in [1.807, 2.05) is 22.4 Å². The quantitative estimate of drug-likeness (QED) is 0.397. The highest BCUT2D eigenvalue weighted by Crippen LogP contribution is 2.21. The molecule has 2 heterocycles. The molecule has 0 aliphatic heterocycles. The minimum absolute atomic E-state index is 0.0182. The van der Waals surface area contributed by atoms with Crippen molar-refractivity contribution in [3.63, 3.8) is 0 Å². The van der Waals surface area contributed by atoms with E-state index in [4.69, 9.17) is 0 Å². The molecular formula is C19H20N4O4S2. The van der Waals surface area contributed by atoms with Crippen molar-refractivity contribution in [2.24, 2.45) is 0 Å². The lowest BCUT2D eigenvalue weighted by Crippen LogP contribution is -2.25. The minimum atomic E-state index is -3.74. The van der Waals surface area contributed by atoms with Crippen LogP contribution in [0.2, 0.25) is 0 Å². The molecule has 0 atom stereocenters. The molecule has 0 saturated heterocycles. The molecule has 1 amide bonds. The lowest BCUT2D eigenvalue weighted by atomic mass is 10.2. The van der Waals surface area contributed by atoms with E-state index >= 15 is 0 Å². The Hall–Kier alpha value is -2.66. The minimum Gasteiger partial charge on any atom is -0.352 e. The topological polar surface area (TPSA) is 110 Å². The first-order chi connectivity index (χ1) is 14.0. The molecule has 1 aromatic carbocycles. The second-order valence-electron chi connectivity index (χ2n) is 6.04. The van der Waals surface area contributed by atoms with Crippen LogP contribution in [0.4, 0.5) is 0 Å². The number of hydrogen-bond acceptors (Lipinski definition) is 7. The van der Waals surface area contributed by atoms with Crippen LogP contribution in [0.1, 0.15) is 21.8 Å². The van der Waals surface area contributed by atoms with Crippen LogP contribution in [0.5, 0.6) is 0 Å². The van der Waals surface area contributed by atoms with Crippen molar-refractivity contribution in [3.8, 4) is 11.3 Å². The van der Waals surface area contributed by atoms with Crippen LogP contribution in [-0.4, -0.2) is 37.9 Å². The number of carbonyl (C=O) groups excluding carboxylic acids is 1. The van der Waals surface area contributed by atoms with Crippen molar-refractivity contribution >= 4 is 27.3 Å². The van der Waals surface area contributed by atoms with Crippen molar-refractivity contribution < 1.29 is 18.0 Å². The van der Waals surface area contributed by atoms with E-state index in [2.05, 4.69) is 20.1 Å². The average Bonchev–Trinajstić information content (AvgIpc) is 3.21. The molecule has 152 valence electrons. The van der Waals surface area contributed by atoms with E-state index in [1.54, 1.807) is 23.7 Å². The summed E-state index contributed by atoms with van der Waals surface area (Å²) in [5, 5.41) is 5.85. The van der Waals surface area contributed by atoms with Gasteiger partial charge in [-0.05, 0) is 42.8 Å². The van der Waals surface area contributed by atoms with E-state index in [0.29, 0.717) is 12.1 Å². The highest BCUT2D eigenvalue weighted by atomic mass is 32.2. The Bertz CT molecular complexity index is 1050. The van der Waals surface area contributed by atoms with E-state index in [1.165, 1.54) is 31.4 Å². The fourth-order valence-electron chi connectivity index (χ4n) is 2.57. The van der Waals surface area contributed by atoms with Crippen LogP contribution in [0.15, 0.2) is 59.1 Å². The number of pyridine rings is 1. The highest BCUT2D eigenvalue weighted by Gasteiger charge is 2.14. The van der Waals surface area contributed by atoms with Gasteiger partial charge >= 0.3 is 0 Å². The van der Waals surface area contributed by atoms with Crippen LogP contribution in [0, 0.1) is 0 Å². The first-order valence-electron chi connectivity index (χ1n) is 8.77. The number of hydrogen-bond donors (Lipinski definition) is 2. The third-order valence-corrected chi connectivity index (χ3v) is 6.19. The predicted octanol–water partition coefficient (Wildman–Crippen LogP) is 2.41. The van der Waals surface area contributed by atoms with Gasteiger partial charge in [0, 0.05) is 41.9 Å². The summed E-state index contributed by atoms with van der Waals surface area (Å²) in [7, 11) is -2.52. The smallest absolute Gasteiger partial charge is 0.262 e. The number of carbonyl (C=O) groups is 1. The van der Waals surface area contributed by atoms with Gasteiger partial charge in [-0.25, -0.2) is 13.4 Å². The maximum atomic E-state index is 12.2. The fraction of sp³-hybridized carbons (Fsp3) is 0.211. The molecule has 0 spiro atoms. The van der Waals surface area contributed by atoms with Gasteiger partial charge in [-0.2, -0.15) is 0 Å². The average molecular weight is 433 g/mol. The Morgan fingerprint density at radius 3 is 2.55 bits per heavy atom. The molecular weight excluding hydrogens is 412 g/mol. The number of aromatic nitrogens is 2. The van der Waals surface area contributed by atoms with Gasteiger partial charge in [-0.1, -0.05) is 4.89 Å². The molecule has 2 aromatic heterocycles. The number of benzene rings is 1. The third kappa shape index (κ3) is 5.67. The normalized spacial score (nSPS) is 11.3. The van der Waals surface area contributed by atoms with Gasteiger partial charge in [0.2, 0.25) is 0 Å². The Balaban J connectivity index is 1.47. The maximum Gasteiger partial charge on any atom is 0.262 e. The van der Waals surface area contributed by atoms with E-state index < -0.39 is 10.0 Å². The summed E-state index contributed by atoms with van der Waals surface area (Å²) in [5.74, 6) is -0.259. The van der Waals surface area contributed by atoms with Crippen LogP contribution in [0.25, 0.3) is 11.3 Å². The first-order valence-corrected chi connectivity index (χ1v) is 11.1. The lowest BCUT2D eigenvalue weighted by Gasteiger charge is -2.07. The van der Waals surface area contributed by atoms with E-state index in [9.17, 15) is 13.2 Å². The molecule has 0 unspecified atom stereocenters. The highest BCUT2D eigenvalue weighted by molar-refractivity contribution is 7.89. The second kappa shape index (κ2) is 9.70. The summed E-state index contributed by atoms with van der Waals surface area (Å²) >= 11 is 1.59. The van der Waals surface area contributed by atoms with Crippen LogP contribution in [0.3, 0.4) is 0 Å². The summed E-state index contributed by atoms with van der Waals surface area (Å²) in [4.78, 5) is 27.2. The SMILES string of the molecule is CONS(=O)(=O)c1ccc(C(=O)NCCCc2nc(-c3ccncc3)cs2)cc1. The largest absolute Gasteiger partial charge is 0.352 e. The van der Waals surface area contributed by atoms with Crippen molar-refractivity contribution in [1.29, 1.82) is 0 Å². The number of sulfonamides is 1. The van der Waals surface area contributed by atoms with Gasteiger partial charge in [0.1, 0.15) is 0 Å². The second-order valence-corrected chi connectivity index (χ2v) is 8.62. The Labute approximate surface area is 173 Å². The number of nitrogens with zero attached hydrogens (tertiary/aromatic N) is 2. The van der Waals surface area contributed by atoms with Crippen LogP contribution in [-0.2, 0) is 21.3 Å².